The summed E-state index contributed by atoms with van der Waals surface area (Å²) in [6, 6.07) is 27.7. The van der Waals surface area contributed by atoms with Gasteiger partial charge in [0.25, 0.3) is 0 Å². The molecule has 21 heavy (non-hydrogen) atoms. The van der Waals surface area contributed by atoms with Gasteiger partial charge in [0.05, 0.1) is 0 Å². The van der Waals surface area contributed by atoms with Crippen molar-refractivity contribution in [2.24, 2.45) is 0 Å². The average molecular weight is 300 g/mol. The molecule has 0 N–H and O–H groups in total. The van der Waals surface area contributed by atoms with Gasteiger partial charge in [-0.15, -0.1) is 0 Å². The van der Waals surface area contributed by atoms with Gasteiger partial charge in [0, 0.05) is 0 Å². The van der Waals surface area contributed by atoms with Crippen molar-refractivity contribution in [2.45, 2.75) is 6.55 Å². The van der Waals surface area contributed by atoms with E-state index in [9.17, 15) is 0 Å². The number of hydrogen-bond donors (Lipinski definition) is 0. The molecule has 1 radical (unpaired) electrons. The SMILES string of the molecule is C[Si]12c3ccccc3[Si](c3ccccc31)c1ccccc12. The van der Waals surface area contributed by atoms with Crippen molar-refractivity contribution >= 4 is 48.0 Å². The van der Waals surface area contributed by atoms with Crippen LogP contribution in [-0.4, -0.2) is 16.9 Å². The molecular formula is C19H15Si2. The van der Waals surface area contributed by atoms with E-state index < -0.39 is 16.9 Å². The van der Waals surface area contributed by atoms with E-state index in [1.807, 2.05) is 0 Å². The lowest BCUT2D eigenvalue weighted by Crippen LogP contribution is -2.89. The van der Waals surface area contributed by atoms with Crippen molar-refractivity contribution in [2.75, 3.05) is 0 Å². The van der Waals surface area contributed by atoms with E-state index in [1.54, 1.807) is 31.1 Å². The molecule has 99 valence electrons. The average Bonchev–Trinajstić information content (AvgIpc) is 2.56. The molecule has 0 atom stereocenters. The van der Waals surface area contributed by atoms with Crippen LogP contribution in [0.25, 0.3) is 0 Å². The first-order chi connectivity index (χ1) is 10.3. The van der Waals surface area contributed by atoms with Gasteiger partial charge in [-0.1, -0.05) is 94.9 Å². The van der Waals surface area contributed by atoms with Gasteiger partial charge in [-0.3, -0.25) is 0 Å². The maximum absolute atomic E-state index is 2.54. The Bertz CT molecular complexity index is 766. The quantitative estimate of drug-likeness (QED) is 0.510. The molecule has 6 rings (SSSR count). The van der Waals surface area contributed by atoms with Gasteiger partial charge in [-0.2, -0.15) is 0 Å². The summed E-state index contributed by atoms with van der Waals surface area (Å²) in [6.07, 6.45) is 0. The molecule has 3 heterocycles. The second kappa shape index (κ2) is 3.84. The topological polar surface area (TPSA) is 0 Å². The summed E-state index contributed by atoms with van der Waals surface area (Å²) >= 11 is 0. The van der Waals surface area contributed by atoms with Crippen molar-refractivity contribution in [3.63, 3.8) is 0 Å². The number of benzene rings is 3. The standard InChI is InChI=1S/C19H15Si2/c1-21-17-11-5-2-8-14(17)20(15-9-3-6-12-18(15)21)16-10-4-7-13-19(16)21/h2-13H,1H3. The van der Waals surface area contributed by atoms with Crippen LogP contribution in [0.2, 0.25) is 6.55 Å². The Morgan fingerprint density at radius 3 is 1.29 bits per heavy atom. The molecule has 3 aromatic carbocycles. The highest BCUT2D eigenvalue weighted by molar-refractivity contribution is 7.25. The van der Waals surface area contributed by atoms with E-state index in [0.29, 0.717) is 0 Å². The van der Waals surface area contributed by atoms with Crippen molar-refractivity contribution in [1.82, 2.24) is 0 Å². The highest BCUT2D eigenvalue weighted by Crippen LogP contribution is 2.14. The minimum atomic E-state index is -1.78. The molecule has 3 aliphatic heterocycles. The van der Waals surface area contributed by atoms with Gasteiger partial charge in [0.1, 0.15) is 8.07 Å². The van der Waals surface area contributed by atoms with Gasteiger partial charge in [0.15, 0.2) is 8.80 Å². The summed E-state index contributed by atoms with van der Waals surface area (Å²) in [5.74, 6) is 0. The zero-order valence-electron chi connectivity index (χ0n) is 11.9. The first-order valence-corrected chi connectivity index (χ1v) is 11.5. The van der Waals surface area contributed by atoms with E-state index in [2.05, 4.69) is 79.3 Å². The molecule has 3 aromatic rings. The fourth-order valence-corrected chi connectivity index (χ4v) is 14.4. The van der Waals surface area contributed by atoms with Gasteiger partial charge in [-0.05, 0) is 15.6 Å². The predicted octanol–water partition coefficient (Wildman–Crippen LogP) is -0.0704. The minimum Gasteiger partial charge on any atom is -0.0625 e. The van der Waals surface area contributed by atoms with E-state index in [-0.39, 0.29) is 0 Å². The van der Waals surface area contributed by atoms with Crippen LogP contribution in [0.15, 0.2) is 72.8 Å². The van der Waals surface area contributed by atoms with Crippen LogP contribution in [-0.2, 0) is 0 Å². The Kier molecular flexibility index (Phi) is 2.14. The molecule has 0 amide bonds. The van der Waals surface area contributed by atoms with Crippen molar-refractivity contribution < 1.29 is 0 Å². The molecule has 0 fully saturated rings. The van der Waals surface area contributed by atoms with Crippen molar-refractivity contribution in [3.8, 4) is 0 Å². The number of rotatable bonds is 0. The van der Waals surface area contributed by atoms with E-state index in [0.717, 1.165) is 0 Å². The third-order valence-corrected chi connectivity index (χ3v) is 13.4. The first-order valence-electron chi connectivity index (χ1n) is 7.48. The van der Waals surface area contributed by atoms with E-state index in [4.69, 9.17) is 0 Å². The van der Waals surface area contributed by atoms with Gasteiger partial charge >= 0.3 is 0 Å². The molecule has 0 unspecified atom stereocenters. The van der Waals surface area contributed by atoms with Crippen molar-refractivity contribution in [3.05, 3.63) is 72.8 Å². The van der Waals surface area contributed by atoms with Gasteiger partial charge < -0.3 is 0 Å². The van der Waals surface area contributed by atoms with Crippen LogP contribution in [0.4, 0.5) is 0 Å². The maximum atomic E-state index is 2.54. The van der Waals surface area contributed by atoms with Gasteiger partial charge in [-0.25, -0.2) is 0 Å². The zero-order chi connectivity index (χ0) is 14.0. The zero-order valence-corrected chi connectivity index (χ0v) is 13.9. The molecule has 0 spiro atoms. The highest BCUT2D eigenvalue weighted by atomic mass is 28.3. The monoisotopic (exact) mass is 299 g/mol. The molecule has 3 aliphatic rings. The molecule has 0 nitrogen and oxygen atoms in total. The molecular weight excluding hydrogens is 284 g/mol. The number of hydrogen-bond acceptors (Lipinski definition) is 0. The lowest BCUT2D eigenvalue weighted by Gasteiger charge is -2.46. The maximum Gasteiger partial charge on any atom is 0.154 e. The minimum absolute atomic E-state index is 0.795. The normalized spacial score (nSPS) is 17.0. The molecule has 2 heteroatoms. The van der Waals surface area contributed by atoms with E-state index in [1.165, 1.54) is 0 Å². The first kappa shape index (κ1) is 11.7. The summed E-state index contributed by atoms with van der Waals surface area (Å²) in [5.41, 5.74) is 0. The summed E-state index contributed by atoms with van der Waals surface area (Å²) in [5, 5.41) is 9.93. The van der Waals surface area contributed by atoms with Gasteiger partial charge in [0.2, 0.25) is 0 Å². The second-order valence-electron chi connectivity index (χ2n) is 6.14. The Balaban J connectivity index is 2.00. The summed E-state index contributed by atoms with van der Waals surface area (Å²) in [4.78, 5) is 0. The summed E-state index contributed by atoms with van der Waals surface area (Å²) in [7, 11) is -2.58. The highest BCUT2D eigenvalue weighted by Gasteiger charge is 2.50. The Hall–Kier alpha value is -1.91. The summed E-state index contributed by atoms with van der Waals surface area (Å²) in [6.45, 7) is 2.54. The fourth-order valence-electron chi connectivity index (χ4n) is 4.28. The largest absolute Gasteiger partial charge is 0.154 e. The third kappa shape index (κ3) is 1.26. The molecule has 0 saturated heterocycles. The second-order valence-corrected chi connectivity index (χ2v) is 12.4. The Morgan fingerprint density at radius 1 is 0.571 bits per heavy atom. The van der Waals surface area contributed by atoms with Crippen LogP contribution in [0.5, 0.6) is 0 Å². The summed E-state index contributed by atoms with van der Waals surface area (Å²) < 4.78 is 0. The van der Waals surface area contributed by atoms with Crippen LogP contribution in [0, 0.1) is 0 Å². The molecule has 0 aromatic heterocycles. The lowest BCUT2D eigenvalue weighted by molar-refractivity contribution is 1.66. The lowest BCUT2D eigenvalue weighted by atomic mass is 10.3. The Morgan fingerprint density at radius 2 is 0.905 bits per heavy atom. The van der Waals surface area contributed by atoms with Crippen LogP contribution >= 0.6 is 0 Å². The fraction of sp³-hybridized carbons (Fsp3) is 0.0526. The van der Waals surface area contributed by atoms with Crippen LogP contribution in [0.1, 0.15) is 0 Å². The van der Waals surface area contributed by atoms with Crippen LogP contribution in [0.3, 0.4) is 0 Å². The van der Waals surface area contributed by atoms with E-state index >= 15 is 0 Å². The molecule has 2 bridgehead atoms. The third-order valence-electron chi connectivity index (χ3n) is 5.21. The smallest absolute Gasteiger partial charge is 0.0625 e. The molecule has 0 saturated carbocycles. The van der Waals surface area contributed by atoms with Crippen LogP contribution < -0.4 is 31.1 Å². The Labute approximate surface area is 127 Å². The van der Waals surface area contributed by atoms with Crippen molar-refractivity contribution in [1.29, 1.82) is 0 Å². The molecule has 0 aliphatic carbocycles. The predicted molar refractivity (Wildman–Crippen MR) is 94.5 cm³/mol.